The maximum absolute atomic E-state index is 11.4. The lowest BCUT2D eigenvalue weighted by Gasteiger charge is -2.25. The van der Waals surface area contributed by atoms with Crippen molar-refractivity contribution in [2.24, 2.45) is 5.73 Å². The van der Waals surface area contributed by atoms with Gasteiger partial charge in [0.05, 0.1) is 0 Å². The Bertz CT molecular complexity index is 1440. The summed E-state index contributed by atoms with van der Waals surface area (Å²) in [5, 5.41) is 9.36. The van der Waals surface area contributed by atoms with Crippen LogP contribution in [-0.4, -0.2) is 41.8 Å². The van der Waals surface area contributed by atoms with Crippen LogP contribution in [-0.2, 0) is 17.9 Å². The van der Waals surface area contributed by atoms with Crippen LogP contribution in [0.1, 0.15) is 28.7 Å². The zero-order valence-electron chi connectivity index (χ0n) is 23.4. The number of benzene rings is 4. The summed E-state index contributed by atoms with van der Waals surface area (Å²) in [6.45, 7) is 2.01. The molecule has 212 valence electrons. The van der Waals surface area contributed by atoms with E-state index in [2.05, 4.69) is 28.6 Å². The Balaban J connectivity index is 1.46. The third-order valence-electron chi connectivity index (χ3n) is 6.42. The maximum Gasteiger partial charge on any atom is 0.320 e. The second-order valence-electron chi connectivity index (χ2n) is 9.57. The van der Waals surface area contributed by atoms with Crippen LogP contribution in [0.25, 0.3) is 0 Å². The molecule has 0 saturated carbocycles. The van der Waals surface area contributed by atoms with Crippen molar-refractivity contribution in [1.29, 1.82) is 0 Å². The van der Waals surface area contributed by atoms with Crippen LogP contribution in [0.4, 0.5) is 0 Å². The van der Waals surface area contributed by atoms with Crippen LogP contribution in [0.15, 0.2) is 109 Å². The van der Waals surface area contributed by atoms with Crippen LogP contribution in [0.3, 0.4) is 0 Å². The summed E-state index contributed by atoms with van der Waals surface area (Å²) in [4.78, 5) is 13.6. The fraction of sp³-hybridized carbons (Fsp3) is 0.194. The lowest BCUT2D eigenvalue weighted by atomic mass is 10.1. The predicted molar refractivity (Wildman–Crippen MR) is 165 cm³/mol. The molecule has 0 aromatic heterocycles. The van der Waals surface area contributed by atoms with Crippen LogP contribution < -0.4 is 15.2 Å². The normalized spacial score (nSPS) is 11.0. The molecule has 6 heteroatoms. The average Bonchev–Trinajstić information content (AvgIpc) is 3.02. The first kappa shape index (κ1) is 30.0. The molecular weight excluding hydrogens is 524 g/mol. The number of para-hydroxylation sites is 2. The van der Waals surface area contributed by atoms with E-state index >= 15 is 0 Å². The first-order chi connectivity index (χ1) is 20.6. The van der Waals surface area contributed by atoms with E-state index < -0.39 is 12.0 Å². The highest BCUT2D eigenvalue weighted by molar-refractivity contribution is 5.73. The SMILES string of the molecule is N[C@@H](CCN(Cc1ccccc1OCC#Cc1ccccc1)Cc1ccccc1OCC#Cc1ccccc1)C(=O)O. The summed E-state index contributed by atoms with van der Waals surface area (Å²) in [5.74, 6) is 12.8. The topological polar surface area (TPSA) is 85.0 Å². The van der Waals surface area contributed by atoms with Gasteiger partial charge in [0.25, 0.3) is 0 Å². The van der Waals surface area contributed by atoms with Crippen LogP contribution in [0, 0.1) is 23.7 Å². The van der Waals surface area contributed by atoms with Gasteiger partial charge in [-0.1, -0.05) is 96.5 Å². The first-order valence-corrected chi connectivity index (χ1v) is 13.8. The van der Waals surface area contributed by atoms with Gasteiger partial charge >= 0.3 is 5.97 Å². The molecular formula is C36H34N2O4. The number of hydrogen-bond acceptors (Lipinski definition) is 5. The highest BCUT2D eigenvalue weighted by Gasteiger charge is 2.17. The molecule has 0 aliphatic rings. The molecule has 4 aromatic rings. The van der Waals surface area contributed by atoms with Crippen molar-refractivity contribution in [3.05, 3.63) is 131 Å². The molecule has 0 saturated heterocycles. The van der Waals surface area contributed by atoms with E-state index in [1.54, 1.807) is 0 Å². The summed E-state index contributed by atoms with van der Waals surface area (Å²) in [7, 11) is 0. The largest absolute Gasteiger partial charge is 0.481 e. The summed E-state index contributed by atoms with van der Waals surface area (Å²) in [5.41, 5.74) is 9.66. The Morgan fingerprint density at radius 2 is 1.12 bits per heavy atom. The Kier molecular flexibility index (Phi) is 11.6. The van der Waals surface area contributed by atoms with Gasteiger partial charge in [-0.3, -0.25) is 9.69 Å². The molecule has 0 heterocycles. The van der Waals surface area contributed by atoms with Crippen molar-refractivity contribution >= 4 is 5.97 Å². The van der Waals surface area contributed by atoms with Crippen LogP contribution >= 0.6 is 0 Å². The first-order valence-electron chi connectivity index (χ1n) is 13.8. The van der Waals surface area contributed by atoms with Crippen molar-refractivity contribution in [3.8, 4) is 35.2 Å². The Morgan fingerprint density at radius 1 is 0.690 bits per heavy atom. The van der Waals surface area contributed by atoms with Gasteiger partial charge in [-0.25, -0.2) is 0 Å². The van der Waals surface area contributed by atoms with Crippen LogP contribution in [0.2, 0.25) is 0 Å². The van der Waals surface area contributed by atoms with Gasteiger partial charge in [0.1, 0.15) is 30.8 Å². The number of rotatable bonds is 12. The van der Waals surface area contributed by atoms with Gasteiger partial charge in [0.15, 0.2) is 0 Å². The highest BCUT2D eigenvalue weighted by Crippen LogP contribution is 2.24. The number of aliphatic carboxylic acids is 1. The van der Waals surface area contributed by atoms with E-state index in [9.17, 15) is 9.90 Å². The molecule has 0 spiro atoms. The second-order valence-corrected chi connectivity index (χ2v) is 9.57. The average molecular weight is 559 g/mol. The minimum Gasteiger partial charge on any atom is -0.481 e. The molecule has 6 nitrogen and oxygen atoms in total. The monoisotopic (exact) mass is 558 g/mol. The number of nitrogens with zero attached hydrogens (tertiary/aromatic N) is 1. The fourth-order valence-corrected chi connectivity index (χ4v) is 4.24. The molecule has 0 unspecified atom stereocenters. The molecule has 0 radical (unpaired) electrons. The standard InChI is InChI=1S/C36H34N2O4/c37-33(36(39)40)23-24-38(27-31-19-7-9-21-34(31)41-25-11-17-29-13-3-1-4-14-29)28-32-20-8-10-22-35(32)42-26-12-18-30-15-5-2-6-16-30/h1-10,13-16,19-22,33H,23-28,37H2,(H,39,40)/t33-/m0/s1. The smallest absolute Gasteiger partial charge is 0.320 e. The van der Waals surface area contributed by atoms with E-state index in [1.807, 2.05) is 109 Å². The Morgan fingerprint density at radius 3 is 1.57 bits per heavy atom. The molecule has 0 bridgehead atoms. The zero-order chi connectivity index (χ0) is 29.4. The number of carbonyl (C=O) groups is 1. The molecule has 0 aliphatic heterocycles. The van der Waals surface area contributed by atoms with Gasteiger partial charge in [-0.15, -0.1) is 0 Å². The van der Waals surface area contributed by atoms with Gasteiger partial charge in [-0.05, 0) is 42.8 Å². The minimum atomic E-state index is -1.02. The van der Waals surface area contributed by atoms with Crippen molar-refractivity contribution in [1.82, 2.24) is 4.90 Å². The Labute approximate surface area is 247 Å². The van der Waals surface area contributed by atoms with Crippen molar-refractivity contribution in [2.45, 2.75) is 25.6 Å². The number of carboxylic acid groups (broad SMARTS) is 1. The third-order valence-corrected chi connectivity index (χ3v) is 6.42. The van der Waals surface area contributed by atoms with Gasteiger partial charge in [0.2, 0.25) is 0 Å². The molecule has 0 fully saturated rings. The molecule has 0 amide bonds. The molecule has 4 rings (SSSR count). The third kappa shape index (κ3) is 9.87. The summed E-state index contributed by atoms with van der Waals surface area (Å²) in [6, 6.07) is 34.2. The molecule has 4 aromatic carbocycles. The highest BCUT2D eigenvalue weighted by atomic mass is 16.5. The van der Waals surface area contributed by atoms with E-state index in [0.717, 1.165) is 33.8 Å². The molecule has 0 aliphatic carbocycles. The van der Waals surface area contributed by atoms with Crippen molar-refractivity contribution < 1.29 is 19.4 Å². The van der Waals surface area contributed by atoms with Gasteiger partial charge in [-0.2, -0.15) is 0 Å². The Hall–Kier alpha value is -5.01. The molecule has 42 heavy (non-hydrogen) atoms. The van der Waals surface area contributed by atoms with E-state index in [0.29, 0.717) is 26.1 Å². The van der Waals surface area contributed by atoms with Crippen LogP contribution in [0.5, 0.6) is 11.5 Å². The lowest BCUT2D eigenvalue weighted by Crippen LogP contribution is -2.35. The van der Waals surface area contributed by atoms with Gasteiger partial charge < -0.3 is 20.3 Å². The predicted octanol–water partition coefficient (Wildman–Crippen LogP) is 5.35. The minimum absolute atomic E-state index is 0.247. The number of carboxylic acids is 1. The summed E-state index contributed by atoms with van der Waals surface area (Å²) in [6.07, 6.45) is 0.298. The lowest BCUT2D eigenvalue weighted by molar-refractivity contribution is -0.138. The van der Waals surface area contributed by atoms with Gasteiger partial charge in [0, 0.05) is 41.9 Å². The second kappa shape index (κ2) is 16.3. The van der Waals surface area contributed by atoms with E-state index in [1.165, 1.54) is 0 Å². The van der Waals surface area contributed by atoms with E-state index in [-0.39, 0.29) is 13.2 Å². The molecule has 1 atom stereocenters. The van der Waals surface area contributed by atoms with Crippen molar-refractivity contribution in [2.75, 3.05) is 19.8 Å². The summed E-state index contributed by atoms with van der Waals surface area (Å²) < 4.78 is 12.1. The van der Waals surface area contributed by atoms with E-state index in [4.69, 9.17) is 15.2 Å². The summed E-state index contributed by atoms with van der Waals surface area (Å²) >= 11 is 0. The molecule has 3 N–H and O–H groups in total. The quantitative estimate of drug-likeness (QED) is 0.228. The van der Waals surface area contributed by atoms with Crippen molar-refractivity contribution in [3.63, 3.8) is 0 Å². The zero-order valence-corrected chi connectivity index (χ0v) is 23.4. The number of nitrogens with two attached hydrogens (primary N) is 1. The number of hydrogen-bond donors (Lipinski definition) is 2. The maximum atomic E-state index is 11.4. The fourth-order valence-electron chi connectivity index (χ4n) is 4.24. The number of ether oxygens (including phenoxy) is 2.